The largest absolute Gasteiger partial charge is 0.478 e. The predicted molar refractivity (Wildman–Crippen MR) is 67.2 cm³/mol. The monoisotopic (exact) mass is 243 g/mol. The molecule has 1 aromatic rings. The second-order valence-electron chi connectivity index (χ2n) is 4.03. The molecule has 0 amide bonds. The van der Waals surface area contributed by atoms with Crippen LogP contribution in [0.4, 0.5) is 0 Å². The first-order chi connectivity index (χ1) is 7.09. The lowest BCUT2D eigenvalue weighted by Crippen LogP contribution is -2.18. The minimum Gasteiger partial charge on any atom is -0.478 e. The van der Waals surface area contributed by atoms with Crippen molar-refractivity contribution in [2.24, 2.45) is 5.92 Å². The van der Waals surface area contributed by atoms with Crippen LogP contribution in [0.3, 0.4) is 0 Å². The van der Waals surface area contributed by atoms with Gasteiger partial charge in [0.25, 0.3) is 0 Å². The highest BCUT2D eigenvalue weighted by molar-refractivity contribution is 5.87. The lowest BCUT2D eigenvalue weighted by molar-refractivity contribution is 0.0697. The van der Waals surface area contributed by atoms with Crippen molar-refractivity contribution in [1.82, 2.24) is 5.32 Å². The molecule has 1 aromatic carbocycles. The van der Waals surface area contributed by atoms with E-state index in [0.717, 1.165) is 18.7 Å². The van der Waals surface area contributed by atoms with Gasteiger partial charge >= 0.3 is 5.97 Å². The molecule has 0 fully saturated rings. The summed E-state index contributed by atoms with van der Waals surface area (Å²) in [6, 6.07) is 6.96. The van der Waals surface area contributed by atoms with Crippen LogP contribution in [0.25, 0.3) is 0 Å². The van der Waals surface area contributed by atoms with Crippen LogP contribution < -0.4 is 5.32 Å². The second-order valence-corrected chi connectivity index (χ2v) is 4.03. The summed E-state index contributed by atoms with van der Waals surface area (Å²) in [6.45, 7) is 6.07. The third-order valence-electron chi connectivity index (χ3n) is 2.08. The van der Waals surface area contributed by atoms with E-state index in [4.69, 9.17) is 5.11 Å². The molecule has 4 heteroatoms. The molecule has 0 aromatic heterocycles. The molecule has 0 atom stereocenters. The number of halogens is 1. The molecule has 0 saturated heterocycles. The molecule has 0 saturated carbocycles. The van der Waals surface area contributed by atoms with Gasteiger partial charge in [0.15, 0.2) is 0 Å². The highest BCUT2D eigenvalue weighted by Crippen LogP contribution is 2.04. The molecule has 3 nitrogen and oxygen atoms in total. The summed E-state index contributed by atoms with van der Waals surface area (Å²) in [7, 11) is 0. The van der Waals surface area contributed by atoms with Crippen LogP contribution in [0.15, 0.2) is 24.3 Å². The molecule has 0 aliphatic heterocycles. The fourth-order valence-electron chi connectivity index (χ4n) is 1.27. The van der Waals surface area contributed by atoms with E-state index in [1.54, 1.807) is 12.1 Å². The minimum absolute atomic E-state index is 0. The number of nitrogens with one attached hydrogen (secondary N) is 1. The fourth-order valence-corrected chi connectivity index (χ4v) is 1.27. The molecule has 0 unspecified atom stereocenters. The Labute approximate surface area is 102 Å². The van der Waals surface area contributed by atoms with E-state index >= 15 is 0 Å². The molecular weight excluding hydrogens is 226 g/mol. The third kappa shape index (κ3) is 5.14. The van der Waals surface area contributed by atoms with Crippen LogP contribution in [0, 0.1) is 5.92 Å². The molecule has 0 spiro atoms. The van der Waals surface area contributed by atoms with Crippen molar-refractivity contribution in [3.05, 3.63) is 35.4 Å². The van der Waals surface area contributed by atoms with Gasteiger partial charge in [-0.2, -0.15) is 0 Å². The number of carboxylic acid groups (broad SMARTS) is 1. The van der Waals surface area contributed by atoms with E-state index in [-0.39, 0.29) is 12.4 Å². The standard InChI is InChI=1S/C12H17NO2.ClH/c1-9(2)7-13-8-10-3-5-11(6-4-10)12(14)15;/h3-6,9,13H,7-8H2,1-2H3,(H,14,15);1H. The highest BCUT2D eigenvalue weighted by atomic mass is 35.5. The SMILES string of the molecule is CC(C)CNCc1ccc(C(=O)O)cc1.Cl. The Morgan fingerprint density at radius 3 is 2.31 bits per heavy atom. The molecule has 16 heavy (non-hydrogen) atoms. The number of rotatable bonds is 5. The van der Waals surface area contributed by atoms with Crippen molar-refractivity contribution in [3.8, 4) is 0 Å². The van der Waals surface area contributed by atoms with Gasteiger partial charge in [-0.15, -0.1) is 12.4 Å². The minimum atomic E-state index is -0.878. The Balaban J connectivity index is 0.00000225. The molecule has 1 rings (SSSR count). The maximum Gasteiger partial charge on any atom is 0.335 e. The second kappa shape index (κ2) is 7.25. The zero-order valence-electron chi connectivity index (χ0n) is 9.56. The molecule has 0 aliphatic carbocycles. The summed E-state index contributed by atoms with van der Waals surface area (Å²) >= 11 is 0. The van der Waals surface area contributed by atoms with E-state index < -0.39 is 5.97 Å². The van der Waals surface area contributed by atoms with E-state index in [9.17, 15) is 4.79 Å². The summed E-state index contributed by atoms with van der Waals surface area (Å²) in [4.78, 5) is 10.6. The summed E-state index contributed by atoms with van der Waals surface area (Å²) < 4.78 is 0. The van der Waals surface area contributed by atoms with Gasteiger partial charge in [0.1, 0.15) is 0 Å². The van der Waals surface area contributed by atoms with Crippen molar-refractivity contribution < 1.29 is 9.90 Å². The highest BCUT2D eigenvalue weighted by Gasteiger charge is 2.01. The van der Waals surface area contributed by atoms with Crippen LogP contribution in [-0.4, -0.2) is 17.6 Å². The van der Waals surface area contributed by atoms with Crippen LogP contribution in [0.5, 0.6) is 0 Å². The number of benzene rings is 1. The Morgan fingerprint density at radius 2 is 1.88 bits per heavy atom. The van der Waals surface area contributed by atoms with E-state index in [0.29, 0.717) is 11.5 Å². The number of aromatic carboxylic acids is 1. The Kier molecular flexibility index (Phi) is 6.77. The maximum atomic E-state index is 10.6. The molecule has 0 radical (unpaired) electrons. The Hall–Kier alpha value is -1.06. The van der Waals surface area contributed by atoms with Crippen molar-refractivity contribution in [2.45, 2.75) is 20.4 Å². The van der Waals surface area contributed by atoms with Crippen molar-refractivity contribution in [3.63, 3.8) is 0 Å². The number of hydrogen-bond acceptors (Lipinski definition) is 2. The molecule has 0 bridgehead atoms. The quantitative estimate of drug-likeness (QED) is 0.836. The maximum absolute atomic E-state index is 10.6. The van der Waals surface area contributed by atoms with Crippen LogP contribution in [0.2, 0.25) is 0 Å². The average molecular weight is 244 g/mol. The third-order valence-corrected chi connectivity index (χ3v) is 2.08. The number of hydrogen-bond donors (Lipinski definition) is 2. The Bertz CT molecular complexity index is 322. The zero-order chi connectivity index (χ0) is 11.3. The van der Waals surface area contributed by atoms with Gasteiger partial charge in [0.2, 0.25) is 0 Å². The van der Waals surface area contributed by atoms with Gasteiger partial charge in [-0.3, -0.25) is 0 Å². The molecular formula is C12H18ClNO2. The van der Waals surface area contributed by atoms with Crippen LogP contribution >= 0.6 is 12.4 Å². The van der Waals surface area contributed by atoms with E-state index in [1.165, 1.54) is 0 Å². The number of carboxylic acids is 1. The van der Waals surface area contributed by atoms with Gasteiger partial charge in [-0.05, 0) is 30.2 Å². The van der Waals surface area contributed by atoms with Gasteiger partial charge < -0.3 is 10.4 Å². The first-order valence-corrected chi connectivity index (χ1v) is 5.12. The lowest BCUT2D eigenvalue weighted by atomic mass is 10.1. The fraction of sp³-hybridized carbons (Fsp3) is 0.417. The summed E-state index contributed by atoms with van der Waals surface area (Å²) in [5.41, 5.74) is 1.45. The summed E-state index contributed by atoms with van der Waals surface area (Å²) in [6.07, 6.45) is 0. The molecule has 2 N–H and O–H groups in total. The molecule has 0 aliphatic rings. The van der Waals surface area contributed by atoms with Gasteiger partial charge in [-0.25, -0.2) is 4.79 Å². The first kappa shape index (κ1) is 14.9. The summed E-state index contributed by atoms with van der Waals surface area (Å²) in [5, 5.41) is 12.0. The van der Waals surface area contributed by atoms with Gasteiger partial charge in [0.05, 0.1) is 5.56 Å². The Morgan fingerprint density at radius 1 is 1.31 bits per heavy atom. The van der Waals surface area contributed by atoms with E-state index in [2.05, 4.69) is 19.2 Å². The zero-order valence-corrected chi connectivity index (χ0v) is 10.4. The average Bonchev–Trinajstić information content (AvgIpc) is 2.18. The molecule has 90 valence electrons. The first-order valence-electron chi connectivity index (χ1n) is 5.12. The predicted octanol–water partition coefficient (Wildman–Crippen LogP) is 2.55. The lowest BCUT2D eigenvalue weighted by Gasteiger charge is -2.07. The summed E-state index contributed by atoms with van der Waals surface area (Å²) in [5.74, 6) is -0.250. The van der Waals surface area contributed by atoms with Gasteiger partial charge in [-0.1, -0.05) is 26.0 Å². The molecule has 0 heterocycles. The smallest absolute Gasteiger partial charge is 0.335 e. The van der Waals surface area contributed by atoms with Crippen molar-refractivity contribution >= 4 is 18.4 Å². The van der Waals surface area contributed by atoms with Crippen LogP contribution in [0.1, 0.15) is 29.8 Å². The normalized spacial score (nSPS) is 9.94. The van der Waals surface area contributed by atoms with Crippen molar-refractivity contribution in [2.75, 3.05) is 6.54 Å². The topological polar surface area (TPSA) is 49.3 Å². The van der Waals surface area contributed by atoms with Crippen LogP contribution in [-0.2, 0) is 6.54 Å². The van der Waals surface area contributed by atoms with Gasteiger partial charge in [0, 0.05) is 6.54 Å². The number of carbonyl (C=O) groups is 1. The van der Waals surface area contributed by atoms with E-state index in [1.807, 2.05) is 12.1 Å². The van der Waals surface area contributed by atoms with Crippen molar-refractivity contribution in [1.29, 1.82) is 0 Å².